The minimum absolute atomic E-state index is 0.0873. The summed E-state index contributed by atoms with van der Waals surface area (Å²) >= 11 is 0. The molecule has 0 N–H and O–H groups in total. The third-order valence-corrected chi connectivity index (χ3v) is 5.25. The van der Waals surface area contributed by atoms with Crippen LogP contribution in [0.5, 0.6) is 5.75 Å². The number of rotatable bonds is 8. The molecule has 1 aliphatic rings. The van der Waals surface area contributed by atoms with E-state index in [4.69, 9.17) is 9.47 Å². The van der Waals surface area contributed by atoms with Crippen LogP contribution in [0.15, 0.2) is 84.4 Å². The number of hydrogen-bond donors (Lipinski definition) is 0. The van der Waals surface area contributed by atoms with Crippen molar-refractivity contribution >= 4 is 17.3 Å². The molecule has 0 unspecified atom stereocenters. The summed E-state index contributed by atoms with van der Waals surface area (Å²) in [6, 6.07) is 25.2. The van der Waals surface area contributed by atoms with Gasteiger partial charge in [-0.3, -0.25) is 4.79 Å². The van der Waals surface area contributed by atoms with Gasteiger partial charge in [-0.25, -0.2) is 4.79 Å². The van der Waals surface area contributed by atoms with Gasteiger partial charge in [0.1, 0.15) is 11.3 Å². The van der Waals surface area contributed by atoms with Crippen molar-refractivity contribution in [3.63, 3.8) is 0 Å². The Morgan fingerprint density at radius 3 is 2.29 bits per heavy atom. The summed E-state index contributed by atoms with van der Waals surface area (Å²) in [5.74, 6) is -0.285. The second-order valence-corrected chi connectivity index (χ2v) is 7.31. The fraction of sp³-hybridized carbons (Fsp3) is 0.185. The van der Waals surface area contributed by atoms with Crippen molar-refractivity contribution in [2.75, 3.05) is 13.2 Å². The molecule has 1 aliphatic carbocycles. The zero-order valence-corrected chi connectivity index (χ0v) is 17.5. The Balaban J connectivity index is 1.55. The minimum atomic E-state index is -0.590. The Hall–Kier alpha value is -3.66. The first-order chi connectivity index (χ1) is 15.2. The predicted molar refractivity (Wildman–Crippen MR) is 120 cm³/mol. The maximum atomic E-state index is 13.1. The zero-order chi connectivity index (χ0) is 21.6. The first-order valence-electron chi connectivity index (χ1n) is 10.5. The van der Waals surface area contributed by atoms with Crippen molar-refractivity contribution in [2.24, 2.45) is 0 Å². The molecule has 31 heavy (non-hydrogen) atoms. The largest absolute Gasteiger partial charge is 0.494 e. The second-order valence-electron chi connectivity index (χ2n) is 7.31. The Labute approximate surface area is 182 Å². The summed E-state index contributed by atoms with van der Waals surface area (Å²) in [5, 5.41) is 0. The minimum Gasteiger partial charge on any atom is -0.494 e. The van der Waals surface area contributed by atoms with Crippen molar-refractivity contribution in [2.45, 2.75) is 19.8 Å². The molecule has 0 aliphatic heterocycles. The highest BCUT2D eigenvalue weighted by Gasteiger charge is 2.35. The molecule has 4 rings (SSSR count). The van der Waals surface area contributed by atoms with Crippen LogP contribution in [0.4, 0.5) is 0 Å². The Bertz CT molecular complexity index is 1110. The van der Waals surface area contributed by atoms with Gasteiger partial charge in [0, 0.05) is 11.1 Å². The summed E-state index contributed by atoms with van der Waals surface area (Å²) in [5.41, 5.74) is 4.00. The fourth-order valence-electron chi connectivity index (χ4n) is 3.82. The number of fused-ring (bicyclic) bond motifs is 1. The summed E-state index contributed by atoms with van der Waals surface area (Å²) in [4.78, 5) is 25.8. The van der Waals surface area contributed by atoms with Crippen molar-refractivity contribution < 1.29 is 19.1 Å². The van der Waals surface area contributed by atoms with Crippen LogP contribution < -0.4 is 4.74 Å². The molecule has 0 radical (unpaired) electrons. The molecule has 156 valence electrons. The number of benzene rings is 3. The van der Waals surface area contributed by atoms with E-state index in [0.717, 1.165) is 24.0 Å². The first-order valence-corrected chi connectivity index (χ1v) is 10.5. The van der Waals surface area contributed by atoms with Crippen LogP contribution in [0.3, 0.4) is 0 Å². The number of ether oxygens (including phenoxy) is 2. The lowest BCUT2D eigenvalue weighted by molar-refractivity contribution is -0.137. The number of aryl methyl sites for hydroxylation is 1. The lowest BCUT2D eigenvalue weighted by Crippen LogP contribution is -2.14. The summed E-state index contributed by atoms with van der Waals surface area (Å²) in [6.07, 6.45) is 1.80. The molecule has 0 saturated heterocycles. The van der Waals surface area contributed by atoms with Gasteiger partial charge in [0.05, 0.1) is 13.2 Å². The molecule has 0 bridgehead atoms. The van der Waals surface area contributed by atoms with Gasteiger partial charge in [-0.05, 0) is 54.7 Å². The van der Waals surface area contributed by atoms with E-state index in [1.807, 2.05) is 60.7 Å². The van der Waals surface area contributed by atoms with Crippen LogP contribution in [-0.4, -0.2) is 25.0 Å². The standard InChI is InChI=1S/C27H24O4/c1-2-30-27(29)25-24(20-13-7-4-8-14-20)22-16-15-21(18-23(22)26(25)28)31-17-9-12-19-10-5-3-6-11-19/h3-8,10-11,13-16,18H,2,9,12,17H2,1H3. The van der Waals surface area contributed by atoms with E-state index in [9.17, 15) is 9.59 Å². The highest BCUT2D eigenvalue weighted by atomic mass is 16.5. The van der Waals surface area contributed by atoms with Crippen LogP contribution in [0.2, 0.25) is 0 Å². The Morgan fingerprint density at radius 2 is 1.58 bits per heavy atom. The quantitative estimate of drug-likeness (QED) is 0.288. The third-order valence-electron chi connectivity index (χ3n) is 5.25. The fourth-order valence-corrected chi connectivity index (χ4v) is 3.82. The molecule has 0 amide bonds. The number of carbonyl (C=O) groups is 2. The van der Waals surface area contributed by atoms with E-state index in [0.29, 0.717) is 23.5 Å². The summed E-state index contributed by atoms with van der Waals surface area (Å²) in [7, 11) is 0. The molecule has 3 aromatic rings. The summed E-state index contributed by atoms with van der Waals surface area (Å²) < 4.78 is 11.1. The number of hydrogen-bond acceptors (Lipinski definition) is 4. The third kappa shape index (κ3) is 4.43. The van der Waals surface area contributed by atoms with Gasteiger partial charge < -0.3 is 9.47 Å². The molecule has 0 spiro atoms. The van der Waals surface area contributed by atoms with E-state index in [-0.39, 0.29) is 18.0 Å². The maximum Gasteiger partial charge on any atom is 0.342 e. The van der Waals surface area contributed by atoms with Crippen molar-refractivity contribution in [3.8, 4) is 5.75 Å². The molecular formula is C27H24O4. The molecular weight excluding hydrogens is 388 g/mol. The van der Waals surface area contributed by atoms with Crippen molar-refractivity contribution in [3.05, 3.63) is 107 Å². The van der Waals surface area contributed by atoms with E-state index in [1.54, 1.807) is 13.0 Å². The Kier molecular flexibility index (Phi) is 6.27. The molecule has 4 nitrogen and oxygen atoms in total. The molecule has 0 aromatic heterocycles. The molecule has 0 heterocycles. The maximum absolute atomic E-state index is 13.1. The van der Waals surface area contributed by atoms with Gasteiger partial charge in [0.2, 0.25) is 5.78 Å². The monoisotopic (exact) mass is 412 g/mol. The average Bonchev–Trinajstić information content (AvgIpc) is 3.10. The van der Waals surface area contributed by atoms with Gasteiger partial charge in [-0.1, -0.05) is 60.7 Å². The van der Waals surface area contributed by atoms with Crippen LogP contribution in [-0.2, 0) is 16.0 Å². The van der Waals surface area contributed by atoms with Crippen LogP contribution in [0.25, 0.3) is 5.57 Å². The van der Waals surface area contributed by atoms with Gasteiger partial charge in [0.25, 0.3) is 0 Å². The highest BCUT2D eigenvalue weighted by molar-refractivity contribution is 6.35. The topological polar surface area (TPSA) is 52.6 Å². The Morgan fingerprint density at radius 1 is 0.871 bits per heavy atom. The van der Waals surface area contributed by atoms with Crippen LogP contribution in [0, 0.1) is 0 Å². The molecule has 0 fully saturated rings. The van der Waals surface area contributed by atoms with Crippen molar-refractivity contribution in [1.29, 1.82) is 0 Å². The number of Topliss-reactive ketones (excluding diaryl/α,β-unsaturated/α-hetero) is 1. The number of carbonyl (C=O) groups excluding carboxylic acids is 2. The SMILES string of the molecule is CCOC(=O)C1=C(c2ccccc2)c2ccc(OCCCc3ccccc3)cc2C1=O. The summed E-state index contributed by atoms with van der Waals surface area (Å²) in [6.45, 7) is 2.49. The predicted octanol–water partition coefficient (Wildman–Crippen LogP) is 5.26. The van der Waals surface area contributed by atoms with Crippen LogP contribution in [0.1, 0.15) is 40.4 Å². The van der Waals surface area contributed by atoms with Gasteiger partial charge in [0.15, 0.2) is 0 Å². The molecule has 3 aromatic carbocycles. The normalized spacial score (nSPS) is 12.6. The second kappa shape index (κ2) is 9.43. The van der Waals surface area contributed by atoms with Gasteiger partial charge in [-0.2, -0.15) is 0 Å². The molecule has 0 saturated carbocycles. The van der Waals surface area contributed by atoms with Gasteiger partial charge >= 0.3 is 5.97 Å². The lowest BCUT2D eigenvalue weighted by atomic mass is 9.97. The van der Waals surface area contributed by atoms with E-state index in [2.05, 4.69) is 12.1 Å². The average molecular weight is 412 g/mol. The van der Waals surface area contributed by atoms with Crippen molar-refractivity contribution in [1.82, 2.24) is 0 Å². The lowest BCUT2D eigenvalue weighted by Gasteiger charge is -2.10. The number of esters is 1. The number of ketones is 1. The highest BCUT2D eigenvalue weighted by Crippen LogP contribution is 2.39. The van der Waals surface area contributed by atoms with Gasteiger partial charge in [-0.15, -0.1) is 0 Å². The smallest absolute Gasteiger partial charge is 0.342 e. The zero-order valence-electron chi connectivity index (χ0n) is 17.5. The van der Waals surface area contributed by atoms with Crippen LogP contribution >= 0.6 is 0 Å². The van der Waals surface area contributed by atoms with E-state index >= 15 is 0 Å². The first kappa shape index (κ1) is 20.6. The van der Waals surface area contributed by atoms with E-state index in [1.165, 1.54) is 5.56 Å². The van der Waals surface area contributed by atoms with E-state index < -0.39 is 5.97 Å². The molecule has 4 heteroatoms. The molecule has 0 atom stereocenters.